The summed E-state index contributed by atoms with van der Waals surface area (Å²) in [5, 5.41) is 12.1. The minimum Gasteiger partial charge on any atom is -0.504 e. The Bertz CT molecular complexity index is 527. The molecule has 1 aliphatic carbocycles. The molecule has 88 valence electrons. The van der Waals surface area contributed by atoms with Crippen LogP contribution in [0.5, 0.6) is 11.5 Å². The molecule has 0 atom stereocenters. The zero-order valence-corrected chi connectivity index (χ0v) is 9.73. The van der Waals surface area contributed by atoms with Crippen LogP contribution >= 0.6 is 0 Å². The molecule has 0 heterocycles. The molecule has 0 spiro atoms. The van der Waals surface area contributed by atoms with Gasteiger partial charge in [-0.15, -0.1) is 0 Å². The Balaban J connectivity index is 1.95. The molecule has 0 aliphatic heterocycles. The van der Waals surface area contributed by atoms with E-state index in [1.165, 1.54) is 12.8 Å². The lowest BCUT2D eigenvalue weighted by Gasteiger charge is -2.14. The first kappa shape index (κ1) is 10.5. The summed E-state index contributed by atoms with van der Waals surface area (Å²) in [6, 6.07) is 11.7. The van der Waals surface area contributed by atoms with Crippen molar-refractivity contribution in [3.05, 3.63) is 36.4 Å². The van der Waals surface area contributed by atoms with Gasteiger partial charge in [-0.05, 0) is 48.6 Å². The molecule has 2 aromatic rings. The largest absolute Gasteiger partial charge is 0.504 e. The Labute approximate surface area is 101 Å². The summed E-state index contributed by atoms with van der Waals surface area (Å²) < 4.78 is 5.86. The van der Waals surface area contributed by atoms with E-state index in [2.05, 4.69) is 0 Å². The zero-order valence-electron chi connectivity index (χ0n) is 9.73. The number of rotatable bonds is 2. The van der Waals surface area contributed by atoms with E-state index in [0.29, 0.717) is 5.75 Å². The molecular weight excluding hydrogens is 212 g/mol. The van der Waals surface area contributed by atoms with Crippen molar-refractivity contribution >= 4 is 10.8 Å². The molecule has 0 amide bonds. The fourth-order valence-electron chi connectivity index (χ4n) is 2.49. The van der Waals surface area contributed by atoms with E-state index >= 15 is 0 Å². The highest BCUT2D eigenvalue weighted by Gasteiger charge is 2.18. The quantitative estimate of drug-likeness (QED) is 0.845. The first-order chi connectivity index (χ1) is 8.33. The molecule has 2 nitrogen and oxygen atoms in total. The van der Waals surface area contributed by atoms with Crippen LogP contribution in [0.15, 0.2) is 36.4 Å². The van der Waals surface area contributed by atoms with Gasteiger partial charge in [0.2, 0.25) is 0 Å². The van der Waals surface area contributed by atoms with Crippen molar-refractivity contribution in [2.75, 3.05) is 0 Å². The Morgan fingerprint density at radius 2 is 1.65 bits per heavy atom. The second-order valence-electron chi connectivity index (χ2n) is 4.69. The van der Waals surface area contributed by atoms with E-state index in [-0.39, 0.29) is 11.9 Å². The number of hydrogen-bond acceptors (Lipinski definition) is 2. The van der Waals surface area contributed by atoms with E-state index in [1.807, 2.05) is 30.3 Å². The van der Waals surface area contributed by atoms with Gasteiger partial charge in [0.05, 0.1) is 6.10 Å². The first-order valence-corrected chi connectivity index (χ1v) is 6.21. The molecule has 3 rings (SSSR count). The van der Waals surface area contributed by atoms with Crippen LogP contribution in [0.1, 0.15) is 25.7 Å². The van der Waals surface area contributed by atoms with Crippen molar-refractivity contribution in [1.29, 1.82) is 0 Å². The van der Waals surface area contributed by atoms with Gasteiger partial charge in [-0.1, -0.05) is 24.3 Å². The minimum absolute atomic E-state index is 0.246. The topological polar surface area (TPSA) is 29.5 Å². The summed E-state index contributed by atoms with van der Waals surface area (Å²) >= 11 is 0. The normalized spacial score (nSPS) is 16.5. The molecule has 0 unspecified atom stereocenters. The molecule has 2 heteroatoms. The molecule has 0 bridgehead atoms. The lowest BCUT2D eigenvalue weighted by atomic mass is 10.1. The van der Waals surface area contributed by atoms with Crippen LogP contribution in [-0.4, -0.2) is 11.2 Å². The highest BCUT2D eigenvalue weighted by Crippen LogP contribution is 2.34. The van der Waals surface area contributed by atoms with Crippen molar-refractivity contribution in [3.8, 4) is 11.5 Å². The third-order valence-electron chi connectivity index (χ3n) is 3.42. The SMILES string of the molecule is Oc1cc2ccccc2cc1OC1CCCC1. The smallest absolute Gasteiger partial charge is 0.161 e. The molecule has 0 aromatic heterocycles. The van der Waals surface area contributed by atoms with E-state index < -0.39 is 0 Å². The summed E-state index contributed by atoms with van der Waals surface area (Å²) in [5.74, 6) is 0.867. The van der Waals surface area contributed by atoms with Gasteiger partial charge in [0.15, 0.2) is 11.5 Å². The number of phenols is 1. The second kappa shape index (κ2) is 4.28. The van der Waals surface area contributed by atoms with E-state index in [0.717, 1.165) is 23.6 Å². The summed E-state index contributed by atoms with van der Waals surface area (Å²) in [6.45, 7) is 0. The Kier molecular flexibility index (Phi) is 2.63. The van der Waals surface area contributed by atoms with Crippen LogP contribution in [0, 0.1) is 0 Å². The van der Waals surface area contributed by atoms with E-state index in [4.69, 9.17) is 4.74 Å². The molecule has 2 aromatic carbocycles. The zero-order chi connectivity index (χ0) is 11.7. The number of fused-ring (bicyclic) bond motifs is 1. The third kappa shape index (κ3) is 2.07. The predicted molar refractivity (Wildman–Crippen MR) is 68.5 cm³/mol. The summed E-state index contributed by atoms with van der Waals surface area (Å²) in [5.41, 5.74) is 0. The van der Waals surface area contributed by atoms with Crippen LogP contribution in [0.25, 0.3) is 10.8 Å². The monoisotopic (exact) mass is 228 g/mol. The fraction of sp³-hybridized carbons (Fsp3) is 0.333. The molecular formula is C15H16O2. The Morgan fingerprint density at radius 3 is 2.35 bits per heavy atom. The number of ether oxygens (including phenoxy) is 1. The van der Waals surface area contributed by atoms with Gasteiger partial charge in [-0.25, -0.2) is 0 Å². The average molecular weight is 228 g/mol. The number of benzene rings is 2. The molecule has 1 fully saturated rings. The second-order valence-corrected chi connectivity index (χ2v) is 4.69. The van der Waals surface area contributed by atoms with Crippen LogP contribution in [0.2, 0.25) is 0 Å². The van der Waals surface area contributed by atoms with Crippen molar-refractivity contribution in [2.45, 2.75) is 31.8 Å². The molecule has 0 saturated heterocycles. The highest BCUT2D eigenvalue weighted by molar-refractivity contribution is 5.85. The lowest BCUT2D eigenvalue weighted by molar-refractivity contribution is 0.202. The molecule has 17 heavy (non-hydrogen) atoms. The molecule has 1 saturated carbocycles. The van der Waals surface area contributed by atoms with Gasteiger partial charge in [-0.2, -0.15) is 0 Å². The van der Waals surface area contributed by atoms with Gasteiger partial charge in [-0.3, -0.25) is 0 Å². The maximum Gasteiger partial charge on any atom is 0.161 e. The number of hydrogen-bond donors (Lipinski definition) is 1. The Hall–Kier alpha value is -1.70. The van der Waals surface area contributed by atoms with Crippen molar-refractivity contribution < 1.29 is 9.84 Å². The van der Waals surface area contributed by atoms with Gasteiger partial charge >= 0.3 is 0 Å². The van der Waals surface area contributed by atoms with Crippen molar-refractivity contribution in [1.82, 2.24) is 0 Å². The van der Waals surface area contributed by atoms with Crippen LogP contribution in [-0.2, 0) is 0 Å². The average Bonchev–Trinajstić information content (AvgIpc) is 2.83. The van der Waals surface area contributed by atoms with Gasteiger partial charge in [0.1, 0.15) is 0 Å². The minimum atomic E-state index is 0.246. The van der Waals surface area contributed by atoms with Crippen LogP contribution in [0.4, 0.5) is 0 Å². The van der Waals surface area contributed by atoms with Gasteiger partial charge < -0.3 is 9.84 Å². The van der Waals surface area contributed by atoms with E-state index in [9.17, 15) is 5.11 Å². The predicted octanol–water partition coefficient (Wildman–Crippen LogP) is 3.87. The lowest BCUT2D eigenvalue weighted by Crippen LogP contribution is -2.10. The van der Waals surface area contributed by atoms with Crippen LogP contribution in [0.3, 0.4) is 0 Å². The maximum atomic E-state index is 9.94. The standard InChI is InChI=1S/C15H16O2/c16-14-9-11-5-1-2-6-12(11)10-15(14)17-13-7-3-4-8-13/h1-2,5-6,9-10,13,16H,3-4,7-8H2. The van der Waals surface area contributed by atoms with Gasteiger partial charge in [0, 0.05) is 0 Å². The summed E-state index contributed by atoms with van der Waals surface area (Å²) in [6.07, 6.45) is 4.96. The maximum absolute atomic E-state index is 9.94. The van der Waals surface area contributed by atoms with Crippen molar-refractivity contribution in [3.63, 3.8) is 0 Å². The Morgan fingerprint density at radius 1 is 1.00 bits per heavy atom. The van der Waals surface area contributed by atoms with E-state index in [1.54, 1.807) is 6.07 Å². The summed E-state index contributed by atoms with van der Waals surface area (Å²) in [4.78, 5) is 0. The van der Waals surface area contributed by atoms with Crippen LogP contribution < -0.4 is 4.74 Å². The van der Waals surface area contributed by atoms with Crippen molar-refractivity contribution in [2.24, 2.45) is 0 Å². The third-order valence-corrected chi connectivity index (χ3v) is 3.42. The number of phenolic OH excluding ortho intramolecular Hbond substituents is 1. The summed E-state index contributed by atoms with van der Waals surface area (Å²) in [7, 11) is 0. The highest BCUT2D eigenvalue weighted by atomic mass is 16.5. The molecule has 1 N–H and O–H groups in total. The number of aromatic hydroxyl groups is 1. The molecule has 1 aliphatic rings. The van der Waals surface area contributed by atoms with Gasteiger partial charge in [0.25, 0.3) is 0 Å². The first-order valence-electron chi connectivity index (χ1n) is 6.21. The molecule has 0 radical (unpaired) electrons. The fourth-order valence-corrected chi connectivity index (χ4v) is 2.49.